The highest BCUT2D eigenvalue weighted by atomic mass is 16.3. The van der Waals surface area contributed by atoms with Crippen molar-refractivity contribution in [1.82, 2.24) is 10.3 Å². The molecule has 0 atom stereocenters. The smallest absolute Gasteiger partial charge is 0.319 e. The molecule has 1 saturated carbocycles. The lowest BCUT2D eigenvalue weighted by molar-refractivity contribution is 0.118. The monoisotopic (exact) mass is 311 g/mol. The summed E-state index contributed by atoms with van der Waals surface area (Å²) >= 11 is 0. The number of hydrogen-bond donors (Lipinski definition) is 3. The summed E-state index contributed by atoms with van der Waals surface area (Å²) in [5.41, 5.74) is 2.74. The predicted octanol–water partition coefficient (Wildman–Crippen LogP) is 3.17. The summed E-state index contributed by atoms with van der Waals surface area (Å²) in [5, 5.41) is 15.5. The van der Waals surface area contributed by atoms with E-state index in [0.29, 0.717) is 0 Å². The highest BCUT2D eigenvalue weighted by Crippen LogP contribution is 2.27. The van der Waals surface area contributed by atoms with Crippen molar-refractivity contribution in [3.63, 3.8) is 0 Å². The van der Waals surface area contributed by atoms with Crippen molar-refractivity contribution in [2.75, 3.05) is 5.32 Å². The number of nitrogens with one attached hydrogen (secondary N) is 2. The number of nitrogens with zero attached hydrogens (tertiary/aromatic N) is 1. The van der Waals surface area contributed by atoms with Crippen molar-refractivity contribution < 1.29 is 9.90 Å². The van der Waals surface area contributed by atoms with Gasteiger partial charge < -0.3 is 15.7 Å². The fraction of sp³-hybridized carbons (Fsp3) is 0.333. The maximum Gasteiger partial charge on any atom is 0.319 e. The number of pyridine rings is 1. The molecule has 3 rings (SSSR count). The zero-order valence-corrected chi connectivity index (χ0v) is 12.9. The Bertz CT molecular complexity index is 652. The molecule has 2 aromatic rings. The maximum atomic E-state index is 12.2. The van der Waals surface area contributed by atoms with Crippen LogP contribution in [0, 0.1) is 0 Å². The molecule has 0 unspecified atom stereocenters. The SMILES string of the molecule is O=C(Nc1ccccc1-c1ccncc1)NC1CCC(O)CC1. The van der Waals surface area contributed by atoms with Gasteiger partial charge in [-0.05, 0) is 49.4 Å². The number of hydrogen-bond acceptors (Lipinski definition) is 3. The molecule has 1 aliphatic carbocycles. The molecule has 5 nitrogen and oxygen atoms in total. The van der Waals surface area contributed by atoms with Crippen LogP contribution in [0.5, 0.6) is 0 Å². The lowest BCUT2D eigenvalue weighted by atomic mass is 9.93. The van der Waals surface area contributed by atoms with E-state index in [1.807, 2.05) is 36.4 Å². The first-order chi connectivity index (χ1) is 11.2. The van der Waals surface area contributed by atoms with E-state index in [-0.39, 0.29) is 18.2 Å². The first-order valence-corrected chi connectivity index (χ1v) is 7.97. The summed E-state index contributed by atoms with van der Waals surface area (Å²) in [7, 11) is 0. The third kappa shape index (κ3) is 4.07. The zero-order chi connectivity index (χ0) is 16.1. The van der Waals surface area contributed by atoms with Crippen molar-refractivity contribution in [2.24, 2.45) is 0 Å². The van der Waals surface area contributed by atoms with Crippen LogP contribution >= 0.6 is 0 Å². The predicted molar refractivity (Wildman–Crippen MR) is 90.1 cm³/mol. The summed E-state index contributed by atoms with van der Waals surface area (Å²) in [6, 6.07) is 11.5. The van der Waals surface area contributed by atoms with Gasteiger partial charge in [0.2, 0.25) is 0 Å². The number of carbonyl (C=O) groups is 1. The van der Waals surface area contributed by atoms with E-state index in [4.69, 9.17) is 0 Å². The summed E-state index contributed by atoms with van der Waals surface area (Å²) in [6.07, 6.45) is 6.39. The molecule has 23 heavy (non-hydrogen) atoms. The molecule has 1 heterocycles. The second-order valence-electron chi connectivity index (χ2n) is 5.89. The molecule has 1 aromatic heterocycles. The van der Waals surface area contributed by atoms with E-state index in [9.17, 15) is 9.90 Å². The van der Waals surface area contributed by atoms with Gasteiger partial charge in [0, 0.05) is 24.0 Å². The van der Waals surface area contributed by atoms with Gasteiger partial charge in [0.25, 0.3) is 0 Å². The summed E-state index contributed by atoms with van der Waals surface area (Å²) in [5.74, 6) is 0. The van der Waals surface area contributed by atoms with Crippen molar-refractivity contribution in [2.45, 2.75) is 37.8 Å². The number of aliphatic hydroxyl groups excluding tert-OH is 1. The average molecular weight is 311 g/mol. The summed E-state index contributed by atoms with van der Waals surface area (Å²) in [6.45, 7) is 0. The third-order valence-corrected chi connectivity index (χ3v) is 4.20. The zero-order valence-electron chi connectivity index (χ0n) is 12.9. The Labute approximate surface area is 135 Å². The van der Waals surface area contributed by atoms with Crippen LogP contribution in [0.15, 0.2) is 48.8 Å². The number of aromatic nitrogens is 1. The van der Waals surface area contributed by atoms with Gasteiger partial charge in [0.05, 0.1) is 11.8 Å². The van der Waals surface area contributed by atoms with Crippen molar-refractivity contribution >= 4 is 11.7 Å². The molecule has 1 aromatic carbocycles. The molecule has 120 valence electrons. The van der Waals surface area contributed by atoms with E-state index in [0.717, 1.165) is 42.5 Å². The van der Waals surface area contributed by atoms with Crippen molar-refractivity contribution in [3.05, 3.63) is 48.8 Å². The van der Waals surface area contributed by atoms with Crippen LogP contribution in [0.2, 0.25) is 0 Å². The Morgan fingerprint density at radius 2 is 1.74 bits per heavy atom. The van der Waals surface area contributed by atoms with Crippen LogP contribution in [0.4, 0.5) is 10.5 Å². The third-order valence-electron chi connectivity index (χ3n) is 4.20. The number of aliphatic hydroxyl groups is 1. The molecular weight excluding hydrogens is 290 g/mol. The van der Waals surface area contributed by atoms with Crippen molar-refractivity contribution in [3.8, 4) is 11.1 Å². The van der Waals surface area contributed by atoms with E-state index in [1.54, 1.807) is 12.4 Å². The fourth-order valence-corrected chi connectivity index (χ4v) is 2.94. The molecule has 1 fully saturated rings. The standard InChI is InChI=1S/C18H21N3O2/c22-15-7-5-14(6-8-15)20-18(23)21-17-4-2-1-3-16(17)13-9-11-19-12-10-13/h1-4,9-12,14-15,22H,5-8H2,(H2,20,21,23). The molecule has 0 saturated heterocycles. The molecule has 0 bridgehead atoms. The lowest BCUT2D eigenvalue weighted by Crippen LogP contribution is -2.40. The van der Waals surface area contributed by atoms with Gasteiger partial charge in [-0.3, -0.25) is 4.98 Å². The number of urea groups is 1. The fourth-order valence-electron chi connectivity index (χ4n) is 2.94. The Morgan fingerprint density at radius 3 is 2.48 bits per heavy atom. The number of benzene rings is 1. The number of rotatable bonds is 3. The van der Waals surface area contributed by atoms with Gasteiger partial charge in [-0.15, -0.1) is 0 Å². The van der Waals surface area contributed by atoms with Gasteiger partial charge in [0.15, 0.2) is 0 Å². The molecule has 0 aliphatic heterocycles. The number of carbonyl (C=O) groups excluding carboxylic acids is 1. The minimum absolute atomic E-state index is 0.131. The van der Waals surface area contributed by atoms with E-state index in [1.165, 1.54) is 0 Å². The second kappa shape index (κ2) is 7.24. The Hall–Kier alpha value is -2.40. The van der Waals surface area contributed by atoms with Crippen LogP contribution in [0.1, 0.15) is 25.7 Å². The quantitative estimate of drug-likeness (QED) is 0.815. The summed E-state index contributed by atoms with van der Waals surface area (Å²) < 4.78 is 0. The van der Waals surface area contributed by atoms with Crippen LogP contribution in [0.3, 0.4) is 0 Å². The van der Waals surface area contributed by atoms with Crippen LogP contribution in [-0.4, -0.2) is 28.3 Å². The van der Waals surface area contributed by atoms with Crippen LogP contribution in [0.25, 0.3) is 11.1 Å². The summed E-state index contributed by atoms with van der Waals surface area (Å²) in [4.78, 5) is 16.3. The minimum atomic E-state index is -0.219. The molecule has 2 amide bonds. The highest BCUT2D eigenvalue weighted by molar-refractivity contribution is 5.94. The average Bonchev–Trinajstić information content (AvgIpc) is 2.58. The Morgan fingerprint density at radius 1 is 1.04 bits per heavy atom. The van der Waals surface area contributed by atoms with Gasteiger partial charge in [-0.1, -0.05) is 18.2 Å². The normalized spacial score (nSPS) is 20.7. The molecule has 3 N–H and O–H groups in total. The number of para-hydroxylation sites is 1. The maximum absolute atomic E-state index is 12.2. The van der Waals surface area contributed by atoms with Gasteiger partial charge >= 0.3 is 6.03 Å². The molecule has 0 spiro atoms. The first kappa shape index (κ1) is 15.5. The van der Waals surface area contributed by atoms with Gasteiger partial charge in [-0.2, -0.15) is 0 Å². The van der Waals surface area contributed by atoms with Gasteiger partial charge in [0.1, 0.15) is 0 Å². The largest absolute Gasteiger partial charge is 0.393 e. The first-order valence-electron chi connectivity index (χ1n) is 7.97. The molecule has 1 aliphatic rings. The topological polar surface area (TPSA) is 74.2 Å². The molecule has 5 heteroatoms. The van der Waals surface area contributed by atoms with Crippen LogP contribution < -0.4 is 10.6 Å². The van der Waals surface area contributed by atoms with Crippen LogP contribution in [-0.2, 0) is 0 Å². The van der Waals surface area contributed by atoms with E-state index >= 15 is 0 Å². The molecular formula is C18H21N3O2. The van der Waals surface area contributed by atoms with E-state index < -0.39 is 0 Å². The Balaban J connectivity index is 1.67. The number of amides is 2. The van der Waals surface area contributed by atoms with E-state index in [2.05, 4.69) is 15.6 Å². The lowest BCUT2D eigenvalue weighted by Gasteiger charge is -2.26. The number of anilines is 1. The van der Waals surface area contributed by atoms with Crippen molar-refractivity contribution in [1.29, 1.82) is 0 Å². The molecule has 0 radical (unpaired) electrons. The minimum Gasteiger partial charge on any atom is -0.393 e. The Kier molecular flexibility index (Phi) is 4.88. The highest BCUT2D eigenvalue weighted by Gasteiger charge is 2.21. The second-order valence-corrected chi connectivity index (χ2v) is 5.89. The van der Waals surface area contributed by atoms with Gasteiger partial charge in [-0.25, -0.2) is 4.79 Å².